The van der Waals surface area contributed by atoms with Crippen molar-refractivity contribution in [1.29, 1.82) is 0 Å². The number of hydrogen-bond donors (Lipinski definition) is 5. The third-order valence-corrected chi connectivity index (χ3v) is 9.00. The Kier molecular flexibility index (Phi) is 12.1. The molecule has 0 heterocycles. The first-order chi connectivity index (χ1) is 24.8. The van der Waals surface area contributed by atoms with E-state index in [4.69, 9.17) is 4.74 Å². The van der Waals surface area contributed by atoms with Gasteiger partial charge in [-0.2, -0.15) is 0 Å². The molecule has 4 atom stereocenters. The number of benzene rings is 4. The number of fused-ring (bicyclic) bond motifs is 1. The molecule has 5 rings (SSSR count). The zero-order valence-electron chi connectivity index (χ0n) is 29.9. The number of nitrogens with one attached hydrogen (secondary N) is 3. The van der Waals surface area contributed by atoms with Crippen LogP contribution in [0.4, 0.5) is 4.79 Å². The molecule has 0 saturated heterocycles. The summed E-state index contributed by atoms with van der Waals surface area (Å²) in [5.74, 6) is 5.03. The molecule has 0 radical (unpaired) electrons. The molecule has 0 aliphatic heterocycles. The predicted molar refractivity (Wildman–Crippen MR) is 198 cm³/mol. The van der Waals surface area contributed by atoms with Crippen LogP contribution in [0.3, 0.4) is 0 Å². The zero-order valence-corrected chi connectivity index (χ0v) is 29.9. The lowest BCUT2D eigenvalue weighted by atomic mass is 9.86. The lowest BCUT2D eigenvalue weighted by Crippen LogP contribution is -2.62. The van der Waals surface area contributed by atoms with E-state index in [0.717, 1.165) is 27.8 Å². The first-order valence-corrected chi connectivity index (χ1v) is 17.2. The maximum absolute atomic E-state index is 14.3. The molecule has 0 saturated carbocycles. The predicted octanol–water partition coefficient (Wildman–Crippen LogP) is 4.44. The van der Waals surface area contributed by atoms with Gasteiger partial charge in [-0.05, 0) is 51.9 Å². The number of aliphatic hydroxyl groups is 2. The van der Waals surface area contributed by atoms with Gasteiger partial charge in [0.2, 0.25) is 0 Å². The fourth-order valence-corrected chi connectivity index (χ4v) is 6.27. The van der Waals surface area contributed by atoms with Crippen LogP contribution in [0.2, 0.25) is 0 Å². The molecule has 10 heteroatoms. The highest BCUT2D eigenvalue weighted by molar-refractivity contribution is 5.87. The van der Waals surface area contributed by atoms with Gasteiger partial charge >= 0.3 is 6.09 Å². The number of alkyl carbamates (subject to hydrolysis) is 1. The summed E-state index contributed by atoms with van der Waals surface area (Å²) in [6.45, 7) is 5.16. The van der Waals surface area contributed by atoms with Gasteiger partial charge in [0.25, 0.3) is 11.8 Å². The molecule has 0 fully saturated rings. The second kappa shape index (κ2) is 16.7. The number of methoxy groups -OCH3 is 1. The summed E-state index contributed by atoms with van der Waals surface area (Å²) >= 11 is 0. The number of rotatable bonds is 11. The molecular formula is C42H46N4O6. The van der Waals surface area contributed by atoms with Crippen LogP contribution in [-0.2, 0) is 33.7 Å². The van der Waals surface area contributed by atoms with Crippen molar-refractivity contribution in [3.05, 3.63) is 143 Å². The second-order valence-electron chi connectivity index (χ2n) is 14.2. The van der Waals surface area contributed by atoms with Crippen LogP contribution in [0.1, 0.15) is 60.2 Å². The van der Waals surface area contributed by atoms with Crippen molar-refractivity contribution < 1.29 is 29.3 Å². The molecule has 5 N–H and O–H groups in total. The van der Waals surface area contributed by atoms with Gasteiger partial charge in [0, 0.05) is 30.5 Å². The summed E-state index contributed by atoms with van der Waals surface area (Å²) in [5, 5.41) is 30.4. The van der Waals surface area contributed by atoms with Crippen molar-refractivity contribution in [1.82, 2.24) is 21.1 Å². The Morgan fingerprint density at radius 2 is 1.44 bits per heavy atom. The molecule has 3 amide bonds. The molecular weight excluding hydrogens is 656 g/mol. The summed E-state index contributed by atoms with van der Waals surface area (Å²) in [7, 11) is 1.22. The number of nitrogens with zero attached hydrogens (tertiary/aromatic N) is 1. The Morgan fingerprint density at radius 1 is 0.846 bits per heavy atom. The smallest absolute Gasteiger partial charge is 0.407 e. The number of hydrazine groups is 1. The maximum Gasteiger partial charge on any atom is 0.407 e. The lowest BCUT2D eigenvalue weighted by molar-refractivity contribution is -0.147. The molecule has 52 heavy (non-hydrogen) atoms. The molecule has 4 aromatic rings. The second-order valence-corrected chi connectivity index (χ2v) is 14.2. The number of aliphatic hydroxyl groups excluding tert-OH is 1. The highest BCUT2D eigenvalue weighted by Crippen LogP contribution is 2.32. The summed E-state index contributed by atoms with van der Waals surface area (Å²) in [5.41, 5.74) is 4.91. The summed E-state index contributed by atoms with van der Waals surface area (Å²) in [6.07, 6.45) is -1.37. The van der Waals surface area contributed by atoms with E-state index in [1.807, 2.05) is 109 Å². The quantitative estimate of drug-likeness (QED) is 0.115. The van der Waals surface area contributed by atoms with Crippen molar-refractivity contribution in [2.75, 3.05) is 13.7 Å². The lowest BCUT2D eigenvalue weighted by Gasteiger charge is -2.37. The van der Waals surface area contributed by atoms with Crippen LogP contribution in [0.5, 0.6) is 0 Å². The van der Waals surface area contributed by atoms with Crippen molar-refractivity contribution >= 4 is 17.9 Å². The minimum Gasteiger partial charge on any atom is -0.453 e. The molecule has 0 bridgehead atoms. The van der Waals surface area contributed by atoms with Crippen LogP contribution in [0.15, 0.2) is 109 Å². The zero-order chi connectivity index (χ0) is 37.3. The Morgan fingerprint density at radius 3 is 2.08 bits per heavy atom. The molecule has 0 aromatic heterocycles. The van der Waals surface area contributed by atoms with E-state index >= 15 is 0 Å². The molecule has 0 spiro atoms. The minimum absolute atomic E-state index is 0.0897. The molecule has 1 aliphatic rings. The SMILES string of the molecule is COC(=O)NC(C(=O)NN(Cc1ccc(C#Cc2ccccc2)cc1)CC(O)(Cc1ccccc1)C(=O)NC1c2ccccc2CC1O)C(C)(C)C. The Hall–Kier alpha value is -5.47. The molecule has 4 unspecified atom stereocenters. The Balaban J connectivity index is 1.46. The van der Waals surface area contributed by atoms with E-state index in [2.05, 4.69) is 27.9 Å². The van der Waals surface area contributed by atoms with Crippen molar-refractivity contribution in [3.8, 4) is 11.8 Å². The van der Waals surface area contributed by atoms with E-state index in [1.165, 1.54) is 12.1 Å². The first kappa shape index (κ1) is 37.8. The average molecular weight is 703 g/mol. The van der Waals surface area contributed by atoms with Gasteiger partial charge in [-0.3, -0.25) is 15.0 Å². The monoisotopic (exact) mass is 702 g/mol. The van der Waals surface area contributed by atoms with Gasteiger partial charge in [0.15, 0.2) is 5.60 Å². The van der Waals surface area contributed by atoms with Crippen LogP contribution in [0, 0.1) is 17.3 Å². The number of carbonyl (C=O) groups excluding carboxylic acids is 3. The summed E-state index contributed by atoms with van der Waals surface area (Å²) in [6, 6.07) is 31.9. The molecule has 4 aromatic carbocycles. The minimum atomic E-state index is -2.08. The molecule has 10 nitrogen and oxygen atoms in total. The van der Waals surface area contributed by atoms with Crippen molar-refractivity contribution in [2.45, 2.75) is 63.9 Å². The number of carbonyl (C=O) groups is 3. The van der Waals surface area contributed by atoms with Gasteiger partial charge in [-0.1, -0.05) is 118 Å². The number of hydrogen-bond acceptors (Lipinski definition) is 7. The van der Waals surface area contributed by atoms with Gasteiger partial charge in [0.1, 0.15) is 6.04 Å². The Labute approximate surface area is 305 Å². The largest absolute Gasteiger partial charge is 0.453 e. The van der Waals surface area contributed by atoms with Crippen LogP contribution in [0.25, 0.3) is 0 Å². The van der Waals surface area contributed by atoms with E-state index in [-0.39, 0.29) is 19.5 Å². The van der Waals surface area contributed by atoms with E-state index in [9.17, 15) is 24.6 Å². The van der Waals surface area contributed by atoms with E-state index in [1.54, 1.807) is 20.8 Å². The molecule has 270 valence electrons. The van der Waals surface area contributed by atoms with Crippen molar-refractivity contribution in [2.24, 2.45) is 5.41 Å². The fraction of sp³-hybridized carbons (Fsp3) is 0.310. The topological polar surface area (TPSA) is 140 Å². The fourth-order valence-electron chi connectivity index (χ4n) is 6.27. The number of ether oxygens (including phenoxy) is 1. The molecule has 1 aliphatic carbocycles. The van der Waals surface area contributed by atoms with Gasteiger partial charge in [-0.15, -0.1) is 0 Å². The third kappa shape index (κ3) is 9.86. The number of amides is 3. The van der Waals surface area contributed by atoms with Crippen LogP contribution >= 0.6 is 0 Å². The van der Waals surface area contributed by atoms with Gasteiger partial charge < -0.3 is 25.6 Å². The first-order valence-electron chi connectivity index (χ1n) is 17.2. The standard InChI is InChI=1S/C42H46N4O6/c1-41(2,3)37(44-40(50)52-4)38(48)45-46(27-32-23-21-30(22-24-32)20-19-29-13-7-5-8-14-29)28-42(51,26-31-15-9-6-10-16-31)39(49)43-36-34-18-12-11-17-33(34)25-35(36)47/h5-18,21-24,35-37,47,51H,25-28H2,1-4H3,(H,43,49)(H,44,50)(H,45,48). The Bertz CT molecular complexity index is 1900. The van der Waals surface area contributed by atoms with Crippen molar-refractivity contribution in [3.63, 3.8) is 0 Å². The van der Waals surface area contributed by atoms with Gasteiger partial charge in [0.05, 0.1) is 25.8 Å². The highest BCUT2D eigenvalue weighted by Gasteiger charge is 2.43. The van der Waals surface area contributed by atoms with E-state index in [0.29, 0.717) is 12.0 Å². The average Bonchev–Trinajstić information content (AvgIpc) is 3.44. The normalized spacial score (nSPS) is 16.8. The summed E-state index contributed by atoms with van der Waals surface area (Å²) < 4.78 is 4.79. The third-order valence-electron chi connectivity index (χ3n) is 9.00. The highest BCUT2D eigenvalue weighted by atomic mass is 16.5. The summed E-state index contributed by atoms with van der Waals surface area (Å²) in [4.78, 5) is 40.5. The van der Waals surface area contributed by atoms with Crippen LogP contribution in [-0.4, -0.2) is 64.5 Å². The van der Waals surface area contributed by atoms with E-state index < -0.39 is 47.1 Å². The maximum atomic E-state index is 14.3. The van der Waals surface area contributed by atoms with Crippen LogP contribution < -0.4 is 16.1 Å². The van der Waals surface area contributed by atoms with Gasteiger partial charge in [-0.25, -0.2) is 9.80 Å².